The SMILES string of the molecule is CCC(C)([C]=O)C(N)=O. The van der Waals surface area contributed by atoms with Crippen LogP contribution in [0.25, 0.3) is 0 Å². The van der Waals surface area contributed by atoms with E-state index in [1.807, 2.05) is 0 Å². The van der Waals surface area contributed by atoms with Crippen LogP contribution < -0.4 is 5.73 Å². The molecule has 1 unspecified atom stereocenters. The van der Waals surface area contributed by atoms with Crippen LogP contribution in [0, 0.1) is 5.41 Å². The number of nitrogens with two attached hydrogens (primary N) is 1. The van der Waals surface area contributed by atoms with Crippen molar-refractivity contribution in [3.05, 3.63) is 0 Å². The summed E-state index contributed by atoms with van der Waals surface area (Å²) < 4.78 is 0. The van der Waals surface area contributed by atoms with Gasteiger partial charge in [0.25, 0.3) is 0 Å². The molecule has 1 atom stereocenters. The number of carbonyl (C=O) groups is 1. The molecule has 0 bridgehead atoms. The number of primary amides is 1. The molecule has 9 heavy (non-hydrogen) atoms. The molecule has 0 aliphatic heterocycles. The Morgan fingerprint density at radius 1 is 1.78 bits per heavy atom. The van der Waals surface area contributed by atoms with Gasteiger partial charge in [-0.3, -0.25) is 9.59 Å². The maximum absolute atomic E-state index is 10.4. The van der Waals surface area contributed by atoms with Crippen molar-refractivity contribution >= 4 is 12.2 Å². The molecule has 1 radical (unpaired) electrons. The Balaban J connectivity index is 4.27. The van der Waals surface area contributed by atoms with Gasteiger partial charge in [0, 0.05) is 0 Å². The Morgan fingerprint density at radius 2 is 2.22 bits per heavy atom. The van der Waals surface area contributed by atoms with Crippen LogP contribution in [-0.2, 0) is 9.59 Å². The molecule has 2 N–H and O–H groups in total. The Morgan fingerprint density at radius 3 is 2.22 bits per heavy atom. The summed E-state index contributed by atoms with van der Waals surface area (Å²) >= 11 is 0. The van der Waals surface area contributed by atoms with Crippen LogP contribution in [0.3, 0.4) is 0 Å². The van der Waals surface area contributed by atoms with Gasteiger partial charge in [0.05, 0.1) is 0 Å². The van der Waals surface area contributed by atoms with E-state index in [9.17, 15) is 9.59 Å². The van der Waals surface area contributed by atoms with Crippen molar-refractivity contribution in [3.63, 3.8) is 0 Å². The van der Waals surface area contributed by atoms with Crippen molar-refractivity contribution in [3.8, 4) is 0 Å². The third-order valence-corrected chi connectivity index (χ3v) is 1.48. The Kier molecular flexibility index (Phi) is 2.37. The standard InChI is InChI=1S/C6H10NO2/c1-3-6(2,4-8)5(7)9/h3H2,1-2H3,(H2,7,9). The second-order valence-corrected chi connectivity index (χ2v) is 2.15. The summed E-state index contributed by atoms with van der Waals surface area (Å²) in [6.07, 6.45) is 2.01. The van der Waals surface area contributed by atoms with Gasteiger partial charge >= 0.3 is 0 Å². The summed E-state index contributed by atoms with van der Waals surface area (Å²) in [5.74, 6) is -0.611. The van der Waals surface area contributed by atoms with E-state index in [0.717, 1.165) is 0 Å². The molecule has 3 heteroatoms. The van der Waals surface area contributed by atoms with Crippen LogP contribution in [-0.4, -0.2) is 12.2 Å². The van der Waals surface area contributed by atoms with Crippen LogP contribution in [0.2, 0.25) is 0 Å². The predicted octanol–water partition coefficient (Wildman–Crippen LogP) is -0.00230. The highest BCUT2D eigenvalue weighted by atomic mass is 16.2. The van der Waals surface area contributed by atoms with Crippen LogP contribution >= 0.6 is 0 Å². The summed E-state index contributed by atoms with van der Waals surface area (Å²) in [6, 6.07) is 0. The highest BCUT2D eigenvalue weighted by molar-refractivity contribution is 5.95. The number of amides is 1. The van der Waals surface area contributed by atoms with Crippen LogP contribution in [0.1, 0.15) is 20.3 Å². The molecule has 0 fully saturated rings. The summed E-state index contributed by atoms with van der Waals surface area (Å²) in [6.45, 7) is 3.19. The second kappa shape index (κ2) is 2.62. The first-order valence-corrected chi connectivity index (χ1v) is 2.76. The highest BCUT2D eigenvalue weighted by Crippen LogP contribution is 2.15. The van der Waals surface area contributed by atoms with Gasteiger partial charge in [0.2, 0.25) is 12.2 Å². The maximum atomic E-state index is 10.4. The second-order valence-electron chi connectivity index (χ2n) is 2.15. The molecule has 0 saturated heterocycles. The average Bonchev–Trinajstić information content (AvgIpc) is 1.86. The first kappa shape index (κ1) is 8.14. The third-order valence-electron chi connectivity index (χ3n) is 1.48. The lowest BCUT2D eigenvalue weighted by Crippen LogP contribution is -2.34. The van der Waals surface area contributed by atoms with Gasteiger partial charge in [-0.15, -0.1) is 0 Å². The van der Waals surface area contributed by atoms with Crippen molar-refractivity contribution in [1.82, 2.24) is 0 Å². The molecule has 0 aromatic carbocycles. The van der Waals surface area contributed by atoms with Gasteiger partial charge < -0.3 is 5.73 Å². The number of hydrogen-bond acceptors (Lipinski definition) is 2. The van der Waals surface area contributed by atoms with E-state index in [1.54, 1.807) is 13.2 Å². The molecule has 0 spiro atoms. The molecular weight excluding hydrogens is 118 g/mol. The van der Waals surface area contributed by atoms with Gasteiger partial charge in [-0.25, -0.2) is 0 Å². The Bertz CT molecular complexity index is 133. The van der Waals surface area contributed by atoms with E-state index < -0.39 is 11.3 Å². The first-order chi connectivity index (χ1) is 4.06. The van der Waals surface area contributed by atoms with Gasteiger partial charge in [-0.2, -0.15) is 0 Å². The minimum absolute atomic E-state index is 0.409. The fourth-order valence-corrected chi connectivity index (χ4v) is 0.297. The molecular formula is C6H10NO2. The molecule has 0 aromatic rings. The van der Waals surface area contributed by atoms with E-state index in [0.29, 0.717) is 6.42 Å². The van der Waals surface area contributed by atoms with Gasteiger partial charge in [-0.05, 0) is 13.3 Å². The topological polar surface area (TPSA) is 60.2 Å². The number of rotatable bonds is 3. The molecule has 51 valence electrons. The smallest absolute Gasteiger partial charge is 0.231 e. The lowest BCUT2D eigenvalue weighted by atomic mass is 9.89. The summed E-state index contributed by atoms with van der Waals surface area (Å²) in [4.78, 5) is 20.5. The van der Waals surface area contributed by atoms with Gasteiger partial charge in [0.1, 0.15) is 5.41 Å². The van der Waals surface area contributed by atoms with Crippen LogP contribution in [0.4, 0.5) is 0 Å². The molecule has 0 aliphatic rings. The van der Waals surface area contributed by atoms with E-state index >= 15 is 0 Å². The quantitative estimate of drug-likeness (QED) is 0.544. The summed E-state index contributed by atoms with van der Waals surface area (Å²) in [5.41, 5.74) is 3.81. The first-order valence-electron chi connectivity index (χ1n) is 2.76. The predicted molar refractivity (Wildman–Crippen MR) is 33.3 cm³/mol. The Labute approximate surface area is 54.2 Å². The van der Waals surface area contributed by atoms with Gasteiger partial charge in [0.15, 0.2) is 0 Å². The molecule has 0 aromatic heterocycles. The Hall–Kier alpha value is -0.860. The zero-order chi connectivity index (χ0) is 7.49. The van der Waals surface area contributed by atoms with Crippen molar-refractivity contribution in [2.75, 3.05) is 0 Å². The van der Waals surface area contributed by atoms with Crippen LogP contribution in [0.5, 0.6) is 0 Å². The fourth-order valence-electron chi connectivity index (χ4n) is 0.297. The molecule has 1 amide bonds. The zero-order valence-corrected chi connectivity index (χ0v) is 5.60. The molecule has 0 rings (SSSR count). The monoisotopic (exact) mass is 128 g/mol. The molecule has 0 aliphatic carbocycles. The fraction of sp³-hybridized carbons (Fsp3) is 0.667. The third kappa shape index (κ3) is 1.52. The minimum Gasteiger partial charge on any atom is -0.369 e. The van der Waals surface area contributed by atoms with Gasteiger partial charge in [-0.1, -0.05) is 6.92 Å². The van der Waals surface area contributed by atoms with Crippen molar-refractivity contribution < 1.29 is 9.59 Å². The number of hydrogen-bond donors (Lipinski definition) is 1. The minimum atomic E-state index is -1.08. The van der Waals surface area contributed by atoms with E-state index in [2.05, 4.69) is 0 Å². The van der Waals surface area contributed by atoms with Crippen molar-refractivity contribution in [2.45, 2.75) is 20.3 Å². The zero-order valence-electron chi connectivity index (χ0n) is 5.60. The molecule has 0 heterocycles. The lowest BCUT2D eigenvalue weighted by molar-refractivity contribution is -0.123. The summed E-state index contributed by atoms with van der Waals surface area (Å²) in [7, 11) is 0. The van der Waals surface area contributed by atoms with Crippen molar-refractivity contribution in [1.29, 1.82) is 0 Å². The van der Waals surface area contributed by atoms with Crippen LogP contribution in [0.15, 0.2) is 0 Å². The maximum Gasteiger partial charge on any atom is 0.231 e. The normalized spacial score (nSPS) is 16.2. The van der Waals surface area contributed by atoms with Crippen molar-refractivity contribution in [2.24, 2.45) is 11.1 Å². The van der Waals surface area contributed by atoms with E-state index in [1.165, 1.54) is 6.92 Å². The van der Waals surface area contributed by atoms with E-state index in [4.69, 9.17) is 5.73 Å². The number of carbonyl (C=O) groups excluding carboxylic acids is 2. The largest absolute Gasteiger partial charge is 0.369 e. The van der Waals surface area contributed by atoms with E-state index in [-0.39, 0.29) is 0 Å². The highest BCUT2D eigenvalue weighted by Gasteiger charge is 2.29. The molecule has 0 saturated carbocycles. The average molecular weight is 128 g/mol. The lowest BCUT2D eigenvalue weighted by Gasteiger charge is -2.13. The molecule has 3 nitrogen and oxygen atoms in total. The summed E-state index contributed by atoms with van der Waals surface area (Å²) in [5, 5.41) is 0.